The van der Waals surface area contributed by atoms with Gasteiger partial charge in [0.15, 0.2) is 0 Å². The standard InChI is InChI=1S/C22H21FN2O3S2/c1-30(27,28)25(20-13-9-18(23)10-14-20)15-22(26)24-19-11-7-17(8-12-19)16-29-21-5-3-2-4-6-21/h2-14H,15-16H2,1H3,(H,24,26). The van der Waals surface area contributed by atoms with Gasteiger partial charge in [0.25, 0.3) is 0 Å². The number of carbonyl (C=O) groups is 1. The Morgan fingerprint density at radius 1 is 0.967 bits per heavy atom. The Bertz CT molecular complexity index is 1090. The number of carbonyl (C=O) groups excluding carboxylic acids is 1. The van der Waals surface area contributed by atoms with Crippen LogP contribution < -0.4 is 9.62 Å². The average molecular weight is 445 g/mol. The number of hydrogen-bond donors (Lipinski definition) is 1. The molecule has 3 rings (SSSR count). The molecule has 0 fully saturated rings. The van der Waals surface area contributed by atoms with Crippen molar-refractivity contribution in [3.8, 4) is 0 Å². The average Bonchev–Trinajstić information content (AvgIpc) is 2.72. The second-order valence-electron chi connectivity index (χ2n) is 6.59. The fraction of sp³-hybridized carbons (Fsp3) is 0.136. The first-order valence-electron chi connectivity index (χ1n) is 9.11. The molecule has 0 aliphatic carbocycles. The summed E-state index contributed by atoms with van der Waals surface area (Å²) in [5.74, 6) is -0.177. The number of amides is 1. The third kappa shape index (κ3) is 6.33. The lowest BCUT2D eigenvalue weighted by Crippen LogP contribution is -2.37. The Hall–Kier alpha value is -2.84. The molecule has 8 heteroatoms. The van der Waals surface area contributed by atoms with Crippen LogP contribution in [0, 0.1) is 5.82 Å². The minimum absolute atomic E-state index is 0.224. The van der Waals surface area contributed by atoms with Gasteiger partial charge in [0.1, 0.15) is 12.4 Å². The van der Waals surface area contributed by atoms with Crippen molar-refractivity contribution in [3.63, 3.8) is 0 Å². The van der Waals surface area contributed by atoms with Crippen LogP contribution in [0.5, 0.6) is 0 Å². The normalized spacial score (nSPS) is 11.1. The van der Waals surface area contributed by atoms with Crippen molar-refractivity contribution in [2.24, 2.45) is 0 Å². The second kappa shape index (κ2) is 9.77. The van der Waals surface area contributed by atoms with E-state index in [1.54, 1.807) is 23.9 Å². The number of hydrogen-bond acceptors (Lipinski definition) is 4. The van der Waals surface area contributed by atoms with Crippen LogP contribution >= 0.6 is 11.8 Å². The predicted octanol–water partition coefficient (Wildman–Crippen LogP) is 4.52. The summed E-state index contributed by atoms with van der Waals surface area (Å²) < 4.78 is 38.2. The third-order valence-electron chi connectivity index (χ3n) is 4.19. The molecule has 0 aliphatic rings. The lowest BCUT2D eigenvalue weighted by atomic mass is 10.2. The minimum atomic E-state index is -3.71. The molecule has 0 spiro atoms. The SMILES string of the molecule is CS(=O)(=O)N(CC(=O)Nc1ccc(CSc2ccccc2)cc1)c1ccc(F)cc1. The largest absolute Gasteiger partial charge is 0.325 e. The highest BCUT2D eigenvalue weighted by Crippen LogP contribution is 2.23. The Kier molecular flexibility index (Phi) is 7.12. The molecule has 0 aromatic heterocycles. The van der Waals surface area contributed by atoms with Gasteiger partial charge in [-0.05, 0) is 54.1 Å². The maximum atomic E-state index is 13.1. The van der Waals surface area contributed by atoms with E-state index in [0.717, 1.165) is 34.0 Å². The van der Waals surface area contributed by atoms with Crippen molar-refractivity contribution in [2.75, 3.05) is 22.4 Å². The van der Waals surface area contributed by atoms with Crippen molar-refractivity contribution in [1.82, 2.24) is 0 Å². The Labute approximate surface area is 180 Å². The monoisotopic (exact) mass is 444 g/mol. The van der Waals surface area contributed by atoms with Crippen molar-refractivity contribution in [1.29, 1.82) is 0 Å². The highest BCUT2D eigenvalue weighted by Gasteiger charge is 2.21. The first-order chi connectivity index (χ1) is 14.3. The van der Waals surface area contributed by atoms with Crippen LogP contribution in [0.1, 0.15) is 5.56 Å². The number of rotatable bonds is 8. The first kappa shape index (κ1) is 21.9. The lowest BCUT2D eigenvalue weighted by Gasteiger charge is -2.21. The number of halogens is 1. The van der Waals surface area contributed by atoms with Crippen molar-refractivity contribution < 1.29 is 17.6 Å². The van der Waals surface area contributed by atoms with Gasteiger partial charge in [-0.1, -0.05) is 30.3 Å². The van der Waals surface area contributed by atoms with E-state index in [-0.39, 0.29) is 5.69 Å². The number of benzene rings is 3. The van der Waals surface area contributed by atoms with Gasteiger partial charge in [0.2, 0.25) is 15.9 Å². The molecule has 1 amide bonds. The van der Waals surface area contributed by atoms with Crippen LogP contribution in [0.25, 0.3) is 0 Å². The van der Waals surface area contributed by atoms with Crippen molar-refractivity contribution >= 4 is 39.1 Å². The fourth-order valence-electron chi connectivity index (χ4n) is 2.71. The van der Waals surface area contributed by atoms with Crippen LogP contribution in [0.4, 0.5) is 15.8 Å². The Balaban J connectivity index is 1.61. The van der Waals surface area contributed by atoms with E-state index in [9.17, 15) is 17.6 Å². The quantitative estimate of drug-likeness (QED) is 0.519. The van der Waals surface area contributed by atoms with E-state index in [1.165, 1.54) is 17.0 Å². The minimum Gasteiger partial charge on any atom is -0.325 e. The van der Waals surface area contributed by atoms with E-state index >= 15 is 0 Å². The van der Waals surface area contributed by atoms with Crippen LogP contribution in [0.3, 0.4) is 0 Å². The van der Waals surface area contributed by atoms with Crippen LogP contribution in [-0.2, 0) is 20.6 Å². The topological polar surface area (TPSA) is 66.5 Å². The molecule has 0 saturated carbocycles. The van der Waals surface area contributed by atoms with Gasteiger partial charge in [-0.25, -0.2) is 12.8 Å². The zero-order chi connectivity index (χ0) is 21.6. The number of thioether (sulfide) groups is 1. The summed E-state index contributed by atoms with van der Waals surface area (Å²) in [7, 11) is -3.71. The Morgan fingerprint density at radius 2 is 1.60 bits per heavy atom. The molecule has 30 heavy (non-hydrogen) atoms. The maximum Gasteiger partial charge on any atom is 0.245 e. The molecule has 0 radical (unpaired) electrons. The van der Waals surface area contributed by atoms with Gasteiger partial charge in [-0.3, -0.25) is 9.10 Å². The van der Waals surface area contributed by atoms with E-state index < -0.39 is 28.3 Å². The third-order valence-corrected chi connectivity index (χ3v) is 6.41. The van der Waals surface area contributed by atoms with Gasteiger partial charge in [-0.15, -0.1) is 11.8 Å². The molecule has 3 aromatic rings. The molecule has 0 atom stereocenters. The lowest BCUT2D eigenvalue weighted by molar-refractivity contribution is -0.114. The molecule has 0 aliphatic heterocycles. The summed E-state index contributed by atoms with van der Waals surface area (Å²) in [6.45, 7) is -0.407. The summed E-state index contributed by atoms with van der Waals surface area (Å²) in [5, 5.41) is 2.70. The zero-order valence-electron chi connectivity index (χ0n) is 16.3. The van der Waals surface area contributed by atoms with Gasteiger partial charge in [-0.2, -0.15) is 0 Å². The zero-order valence-corrected chi connectivity index (χ0v) is 17.9. The molecular formula is C22H21FN2O3S2. The highest BCUT2D eigenvalue weighted by molar-refractivity contribution is 7.98. The molecule has 0 saturated heterocycles. The number of anilines is 2. The highest BCUT2D eigenvalue weighted by atomic mass is 32.2. The van der Waals surface area contributed by atoms with Crippen molar-refractivity contribution in [3.05, 3.63) is 90.2 Å². The van der Waals surface area contributed by atoms with Gasteiger partial charge in [0.05, 0.1) is 11.9 Å². The van der Waals surface area contributed by atoms with E-state index in [2.05, 4.69) is 5.32 Å². The van der Waals surface area contributed by atoms with Gasteiger partial charge < -0.3 is 5.32 Å². The Morgan fingerprint density at radius 3 is 2.20 bits per heavy atom. The molecular weight excluding hydrogens is 423 g/mol. The van der Waals surface area contributed by atoms with E-state index in [4.69, 9.17) is 0 Å². The summed E-state index contributed by atoms with van der Waals surface area (Å²) in [6, 6.07) is 22.4. The molecule has 5 nitrogen and oxygen atoms in total. The molecule has 3 aromatic carbocycles. The summed E-state index contributed by atoms with van der Waals surface area (Å²) >= 11 is 1.72. The predicted molar refractivity (Wildman–Crippen MR) is 120 cm³/mol. The molecule has 156 valence electrons. The van der Waals surface area contributed by atoms with E-state index in [1.807, 2.05) is 42.5 Å². The molecule has 0 heterocycles. The number of nitrogens with zero attached hydrogens (tertiary/aromatic N) is 1. The number of sulfonamides is 1. The smallest absolute Gasteiger partial charge is 0.245 e. The maximum absolute atomic E-state index is 13.1. The second-order valence-corrected chi connectivity index (χ2v) is 9.55. The van der Waals surface area contributed by atoms with Gasteiger partial charge >= 0.3 is 0 Å². The molecule has 0 unspecified atom stereocenters. The van der Waals surface area contributed by atoms with Crippen molar-refractivity contribution in [2.45, 2.75) is 10.6 Å². The van der Waals surface area contributed by atoms with Crippen LogP contribution in [0.2, 0.25) is 0 Å². The van der Waals surface area contributed by atoms with Crippen LogP contribution in [0.15, 0.2) is 83.8 Å². The summed E-state index contributed by atoms with van der Waals surface area (Å²) in [5.41, 5.74) is 1.90. The van der Waals surface area contributed by atoms with Gasteiger partial charge in [0, 0.05) is 16.3 Å². The molecule has 1 N–H and O–H groups in total. The molecule has 0 bridgehead atoms. The van der Waals surface area contributed by atoms with Crippen LogP contribution in [-0.4, -0.2) is 27.1 Å². The van der Waals surface area contributed by atoms with E-state index in [0.29, 0.717) is 5.69 Å². The first-order valence-corrected chi connectivity index (χ1v) is 11.9. The summed E-state index contributed by atoms with van der Waals surface area (Å²) in [4.78, 5) is 13.6. The fourth-order valence-corrected chi connectivity index (χ4v) is 4.44. The summed E-state index contributed by atoms with van der Waals surface area (Å²) in [6.07, 6.45) is 1.00. The number of nitrogens with one attached hydrogen (secondary N) is 1.